The van der Waals surface area contributed by atoms with E-state index in [1.807, 2.05) is 0 Å². The largest absolute Gasteiger partial charge is 0.416 e. The summed E-state index contributed by atoms with van der Waals surface area (Å²) in [5.41, 5.74) is -0.360. The predicted octanol–water partition coefficient (Wildman–Crippen LogP) is 5.26. The monoisotopic (exact) mass is 366 g/mol. The lowest BCUT2D eigenvalue weighted by molar-refractivity contribution is -0.137. The van der Waals surface area contributed by atoms with Crippen molar-refractivity contribution in [2.75, 3.05) is 10.6 Å². The third-order valence-corrected chi connectivity index (χ3v) is 3.35. The summed E-state index contributed by atoms with van der Waals surface area (Å²) < 4.78 is 64.3. The lowest BCUT2D eigenvalue weighted by Crippen LogP contribution is -2.04. The number of nitrogens with one attached hydrogen (secondary N) is 2. The molecule has 26 heavy (non-hydrogen) atoms. The number of halogens is 5. The number of benzene rings is 2. The topological polar surface area (TPSA) is 49.8 Å². The summed E-state index contributed by atoms with van der Waals surface area (Å²) in [6, 6.07) is 8.87. The summed E-state index contributed by atoms with van der Waals surface area (Å²) in [4.78, 5) is 7.86. The number of hydrogen-bond donors (Lipinski definition) is 2. The van der Waals surface area contributed by atoms with Crippen LogP contribution in [-0.2, 0) is 6.18 Å². The molecule has 1 aromatic heterocycles. The molecule has 0 bridgehead atoms. The van der Waals surface area contributed by atoms with E-state index >= 15 is 0 Å². The highest BCUT2D eigenvalue weighted by Crippen LogP contribution is 2.30. The highest BCUT2D eigenvalue weighted by Gasteiger charge is 2.29. The Morgan fingerprint density at radius 2 is 1.42 bits per heavy atom. The van der Waals surface area contributed by atoms with Crippen LogP contribution in [0.5, 0.6) is 0 Å². The van der Waals surface area contributed by atoms with Crippen molar-refractivity contribution < 1.29 is 22.0 Å². The zero-order chi connectivity index (χ0) is 18.7. The van der Waals surface area contributed by atoms with Crippen LogP contribution in [0.4, 0.5) is 45.0 Å². The molecule has 0 radical (unpaired) electrons. The van der Waals surface area contributed by atoms with Gasteiger partial charge in [-0.2, -0.15) is 13.2 Å². The molecule has 0 amide bonds. The highest BCUT2D eigenvalue weighted by molar-refractivity contribution is 5.63. The number of rotatable bonds is 4. The van der Waals surface area contributed by atoms with E-state index in [2.05, 4.69) is 20.6 Å². The quantitative estimate of drug-likeness (QED) is 0.619. The third kappa shape index (κ3) is 4.24. The molecule has 0 unspecified atom stereocenters. The smallest absolute Gasteiger partial charge is 0.340 e. The van der Waals surface area contributed by atoms with Gasteiger partial charge in [0.15, 0.2) is 0 Å². The van der Waals surface area contributed by atoms with Gasteiger partial charge in [0.1, 0.15) is 29.6 Å². The maximum absolute atomic E-state index is 13.7. The fourth-order valence-corrected chi connectivity index (χ4v) is 2.11. The van der Waals surface area contributed by atoms with Gasteiger partial charge in [-0.15, -0.1) is 0 Å². The molecule has 0 aliphatic carbocycles. The minimum Gasteiger partial charge on any atom is -0.340 e. The van der Waals surface area contributed by atoms with Crippen LogP contribution in [0.3, 0.4) is 0 Å². The molecule has 0 atom stereocenters. The number of anilines is 4. The molecule has 0 aliphatic heterocycles. The standard InChI is InChI=1S/C17H11F5N4/c18-11-3-6-14(13(19)7-11)26-16-8-15(23-9-24-16)25-12-4-1-10(2-5-12)17(20,21)22/h1-9H,(H2,23,24,25,26). The minimum atomic E-state index is -4.41. The van der Waals surface area contributed by atoms with Crippen LogP contribution >= 0.6 is 0 Å². The summed E-state index contributed by atoms with van der Waals surface area (Å²) in [6.45, 7) is 0. The van der Waals surface area contributed by atoms with Crippen molar-refractivity contribution in [1.82, 2.24) is 9.97 Å². The summed E-state index contributed by atoms with van der Waals surface area (Å²) in [5, 5.41) is 5.49. The molecule has 0 spiro atoms. The van der Waals surface area contributed by atoms with Crippen molar-refractivity contribution in [2.24, 2.45) is 0 Å². The Hall–Kier alpha value is -3.23. The Morgan fingerprint density at radius 1 is 0.769 bits per heavy atom. The molecule has 0 aliphatic rings. The zero-order valence-corrected chi connectivity index (χ0v) is 13.0. The Labute approximate surface area is 144 Å². The van der Waals surface area contributed by atoms with E-state index in [0.29, 0.717) is 5.69 Å². The van der Waals surface area contributed by atoms with E-state index in [1.54, 1.807) is 0 Å². The molecule has 0 fully saturated rings. The van der Waals surface area contributed by atoms with Crippen molar-refractivity contribution >= 4 is 23.0 Å². The first-order chi connectivity index (χ1) is 12.3. The average molecular weight is 366 g/mol. The van der Waals surface area contributed by atoms with Gasteiger partial charge < -0.3 is 10.6 Å². The van der Waals surface area contributed by atoms with E-state index in [4.69, 9.17) is 0 Å². The van der Waals surface area contributed by atoms with Gasteiger partial charge in [-0.1, -0.05) is 0 Å². The van der Waals surface area contributed by atoms with Crippen LogP contribution in [0.15, 0.2) is 54.9 Å². The van der Waals surface area contributed by atoms with Gasteiger partial charge in [-0.25, -0.2) is 18.7 Å². The van der Waals surface area contributed by atoms with E-state index in [1.165, 1.54) is 30.6 Å². The fraction of sp³-hybridized carbons (Fsp3) is 0.0588. The molecule has 2 aromatic carbocycles. The summed E-state index contributed by atoms with van der Waals surface area (Å²) in [7, 11) is 0. The van der Waals surface area contributed by atoms with Crippen LogP contribution in [0.2, 0.25) is 0 Å². The molecule has 2 N–H and O–H groups in total. The predicted molar refractivity (Wildman–Crippen MR) is 86.4 cm³/mol. The molecule has 0 saturated carbocycles. The van der Waals surface area contributed by atoms with Gasteiger partial charge in [0.05, 0.1) is 11.3 Å². The van der Waals surface area contributed by atoms with Gasteiger partial charge in [0.25, 0.3) is 0 Å². The van der Waals surface area contributed by atoms with Crippen LogP contribution in [0, 0.1) is 11.6 Å². The molecule has 9 heteroatoms. The van der Waals surface area contributed by atoms with E-state index in [0.717, 1.165) is 24.3 Å². The first kappa shape index (κ1) is 17.6. The fourth-order valence-electron chi connectivity index (χ4n) is 2.11. The first-order valence-corrected chi connectivity index (χ1v) is 7.30. The van der Waals surface area contributed by atoms with Gasteiger partial charge in [0.2, 0.25) is 0 Å². The summed E-state index contributed by atoms with van der Waals surface area (Å²) in [6.07, 6.45) is -3.22. The maximum Gasteiger partial charge on any atom is 0.416 e. The Morgan fingerprint density at radius 3 is 2.04 bits per heavy atom. The first-order valence-electron chi connectivity index (χ1n) is 7.30. The lowest BCUT2D eigenvalue weighted by Gasteiger charge is -2.10. The van der Waals surface area contributed by atoms with Crippen molar-refractivity contribution in [3.05, 3.63) is 72.1 Å². The second-order valence-corrected chi connectivity index (χ2v) is 5.24. The second kappa shape index (κ2) is 6.95. The SMILES string of the molecule is Fc1ccc(Nc2cc(Nc3ccc(C(F)(F)F)cc3)ncn2)c(F)c1. The van der Waals surface area contributed by atoms with Crippen molar-refractivity contribution in [1.29, 1.82) is 0 Å². The van der Waals surface area contributed by atoms with Gasteiger partial charge in [-0.05, 0) is 36.4 Å². The van der Waals surface area contributed by atoms with Crippen LogP contribution in [-0.4, -0.2) is 9.97 Å². The third-order valence-electron chi connectivity index (χ3n) is 3.35. The van der Waals surface area contributed by atoms with Crippen molar-refractivity contribution in [3.63, 3.8) is 0 Å². The number of aromatic nitrogens is 2. The average Bonchev–Trinajstić information content (AvgIpc) is 2.57. The van der Waals surface area contributed by atoms with Crippen LogP contribution in [0.25, 0.3) is 0 Å². The van der Waals surface area contributed by atoms with E-state index in [9.17, 15) is 22.0 Å². The second-order valence-electron chi connectivity index (χ2n) is 5.24. The lowest BCUT2D eigenvalue weighted by atomic mass is 10.2. The van der Waals surface area contributed by atoms with Crippen molar-refractivity contribution in [3.8, 4) is 0 Å². The molecule has 3 aromatic rings. The molecular weight excluding hydrogens is 355 g/mol. The van der Waals surface area contributed by atoms with Gasteiger partial charge in [-0.3, -0.25) is 0 Å². The minimum absolute atomic E-state index is 0.0191. The Kier molecular flexibility index (Phi) is 4.70. The Balaban J connectivity index is 1.75. The maximum atomic E-state index is 13.7. The van der Waals surface area contributed by atoms with Gasteiger partial charge in [0, 0.05) is 17.8 Å². The number of nitrogens with zero attached hydrogens (tertiary/aromatic N) is 2. The van der Waals surface area contributed by atoms with E-state index < -0.39 is 23.4 Å². The van der Waals surface area contributed by atoms with Gasteiger partial charge >= 0.3 is 6.18 Å². The molecule has 0 saturated heterocycles. The van der Waals surface area contributed by atoms with E-state index in [-0.39, 0.29) is 17.3 Å². The molecule has 4 nitrogen and oxygen atoms in total. The van der Waals surface area contributed by atoms with Crippen molar-refractivity contribution in [2.45, 2.75) is 6.18 Å². The molecule has 134 valence electrons. The molecule has 1 heterocycles. The summed E-state index contributed by atoms with van der Waals surface area (Å²) in [5.74, 6) is -0.994. The Bertz CT molecular complexity index is 910. The number of alkyl halides is 3. The molecule has 3 rings (SSSR count). The zero-order valence-electron chi connectivity index (χ0n) is 13.0. The van der Waals surface area contributed by atoms with Crippen LogP contribution < -0.4 is 10.6 Å². The highest BCUT2D eigenvalue weighted by atomic mass is 19.4. The van der Waals surface area contributed by atoms with Crippen LogP contribution in [0.1, 0.15) is 5.56 Å². The summed E-state index contributed by atoms with van der Waals surface area (Å²) >= 11 is 0. The number of hydrogen-bond acceptors (Lipinski definition) is 4. The normalized spacial score (nSPS) is 11.3. The molecular formula is C17H11F5N4.